The smallest absolute Gasteiger partial charge is 0.223 e. The lowest BCUT2D eigenvalue weighted by atomic mass is 9.86. The van der Waals surface area contributed by atoms with Crippen LogP contribution in [0.15, 0.2) is 34.9 Å². The predicted octanol–water partition coefficient (Wildman–Crippen LogP) is 4.59. The van der Waals surface area contributed by atoms with E-state index >= 15 is 0 Å². The summed E-state index contributed by atoms with van der Waals surface area (Å²) < 4.78 is 1.00. The molecule has 1 aromatic carbocycles. The van der Waals surface area contributed by atoms with Crippen molar-refractivity contribution in [2.75, 3.05) is 6.54 Å². The van der Waals surface area contributed by atoms with E-state index in [0.717, 1.165) is 30.5 Å². The fourth-order valence-electron chi connectivity index (χ4n) is 3.19. The second-order valence-corrected chi connectivity index (χ2v) is 8.49. The summed E-state index contributed by atoms with van der Waals surface area (Å²) in [5.74, 6) is 0.248. The van der Waals surface area contributed by atoms with Crippen molar-refractivity contribution in [2.24, 2.45) is 0 Å². The van der Waals surface area contributed by atoms with E-state index in [2.05, 4.69) is 72.0 Å². The molecule has 2 heterocycles. The molecule has 0 atom stereocenters. The predicted molar refractivity (Wildman–Crippen MR) is 101 cm³/mol. The van der Waals surface area contributed by atoms with E-state index in [1.807, 2.05) is 4.90 Å². The van der Waals surface area contributed by atoms with E-state index in [-0.39, 0.29) is 11.3 Å². The van der Waals surface area contributed by atoms with Crippen molar-refractivity contribution in [3.8, 4) is 0 Å². The largest absolute Gasteiger partial charge is 0.353 e. The highest BCUT2D eigenvalue weighted by atomic mass is 79.9. The highest BCUT2D eigenvalue weighted by molar-refractivity contribution is 9.10. The molecule has 128 valence electrons. The van der Waals surface area contributed by atoms with Gasteiger partial charge in [0.15, 0.2) is 0 Å². The Morgan fingerprint density at radius 2 is 1.96 bits per heavy atom. The van der Waals surface area contributed by atoms with Crippen molar-refractivity contribution >= 4 is 21.8 Å². The minimum atomic E-state index is 0.171. The average molecular weight is 389 g/mol. The summed E-state index contributed by atoms with van der Waals surface area (Å²) in [6, 6.07) is 10.8. The van der Waals surface area contributed by atoms with Crippen LogP contribution in [0.1, 0.15) is 49.6 Å². The Bertz CT molecular complexity index is 725. The van der Waals surface area contributed by atoms with Crippen LogP contribution in [0.25, 0.3) is 0 Å². The fraction of sp³-hybridized carbons (Fsp3) is 0.450. The molecule has 1 N–H and O–H groups in total. The number of aromatic amines is 1. The molecule has 0 aliphatic carbocycles. The topological polar surface area (TPSA) is 36.1 Å². The Morgan fingerprint density at radius 1 is 1.25 bits per heavy atom. The van der Waals surface area contributed by atoms with Crippen LogP contribution in [-0.2, 0) is 29.6 Å². The molecule has 1 aromatic heterocycles. The first-order chi connectivity index (χ1) is 11.3. The second-order valence-electron chi connectivity index (χ2n) is 7.63. The lowest BCUT2D eigenvalue weighted by molar-refractivity contribution is -0.132. The van der Waals surface area contributed by atoms with Crippen molar-refractivity contribution in [2.45, 2.75) is 52.0 Å². The van der Waals surface area contributed by atoms with Gasteiger partial charge in [-0.1, -0.05) is 45.0 Å². The van der Waals surface area contributed by atoms with Crippen LogP contribution in [0, 0.1) is 0 Å². The zero-order chi connectivity index (χ0) is 17.3. The number of aryl methyl sites for hydroxylation is 1. The zero-order valence-electron chi connectivity index (χ0n) is 14.7. The zero-order valence-corrected chi connectivity index (χ0v) is 16.2. The molecule has 1 aliphatic heterocycles. The quantitative estimate of drug-likeness (QED) is 0.819. The van der Waals surface area contributed by atoms with E-state index < -0.39 is 0 Å². The molecule has 3 nitrogen and oxygen atoms in total. The van der Waals surface area contributed by atoms with Gasteiger partial charge in [0, 0.05) is 31.6 Å². The van der Waals surface area contributed by atoms with Crippen molar-refractivity contribution in [1.29, 1.82) is 0 Å². The molecule has 0 radical (unpaired) electrons. The fourth-order valence-corrected chi connectivity index (χ4v) is 3.71. The normalized spacial score (nSPS) is 14.6. The van der Waals surface area contributed by atoms with Gasteiger partial charge < -0.3 is 9.88 Å². The number of halogens is 1. The van der Waals surface area contributed by atoms with Gasteiger partial charge in [-0.25, -0.2) is 0 Å². The maximum atomic E-state index is 12.5. The molecule has 1 aliphatic rings. The summed E-state index contributed by atoms with van der Waals surface area (Å²) >= 11 is 3.47. The lowest BCUT2D eigenvalue weighted by Crippen LogP contribution is -2.35. The third kappa shape index (κ3) is 3.92. The average Bonchev–Trinajstić information content (AvgIpc) is 2.91. The summed E-state index contributed by atoms with van der Waals surface area (Å²) in [7, 11) is 0. The number of nitrogens with one attached hydrogen (secondary N) is 1. The molecule has 4 heteroatoms. The SMILES string of the molecule is CC(C)(C)c1ccc(CCC(=O)N2CCc3[nH]c(Br)cc3C2)cc1. The Morgan fingerprint density at radius 3 is 2.62 bits per heavy atom. The summed E-state index contributed by atoms with van der Waals surface area (Å²) in [5, 5.41) is 0. The molecule has 0 unspecified atom stereocenters. The first kappa shape index (κ1) is 17.3. The molecule has 0 saturated carbocycles. The van der Waals surface area contributed by atoms with Gasteiger partial charge in [-0.3, -0.25) is 4.79 Å². The molecular formula is C20H25BrN2O. The van der Waals surface area contributed by atoms with Crippen molar-refractivity contribution in [1.82, 2.24) is 9.88 Å². The molecule has 24 heavy (non-hydrogen) atoms. The van der Waals surface area contributed by atoms with E-state index in [9.17, 15) is 4.79 Å². The van der Waals surface area contributed by atoms with Gasteiger partial charge in [0.05, 0.1) is 4.60 Å². The van der Waals surface area contributed by atoms with Crippen LogP contribution < -0.4 is 0 Å². The number of hydrogen-bond acceptors (Lipinski definition) is 1. The third-order valence-corrected chi connectivity index (χ3v) is 5.18. The minimum Gasteiger partial charge on any atom is -0.353 e. The number of hydrogen-bond donors (Lipinski definition) is 1. The molecule has 0 saturated heterocycles. The van der Waals surface area contributed by atoms with E-state index in [4.69, 9.17) is 0 Å². The molecule has 0 spiro atoms. The number of benzene rings is 1. The number of carbonyl (C=O) groups is 1. The lowest BCUT2D eigenvalue weighted by Gasteiger charge is -2.27. The van der Waals surface area contributed by atoms with Crippen LogP contribution >= 0.6 is 15.9 Å². The molecule has 1 amide bonds. The number of nitrogens with zero attached hydrogens (tertiary/aromatic N) is 1. The standard InChI is InChI=1S/C20H25BrN2O/c1-20(2,3)16-7-4-14(5-8-16)6-9-19(24)23-11-10-17-15(13-23)12-18(21)22-17/h4-5,7-8,12,22H,6,9-11,13H2,1-3H3. The van der Waals surface area contributed by atoms with Gasteiger partial charge in [0.1, 0.15) is 0 Å². The Hall–Kier alpha value is -1.55. The maximum Gasteiger partial charge on any atom is 0.223 e. The minimum absolute atomic E-state index is 0.171. The van der Waals surface area contributed by atoms with Gasteiger partial charge >= 0.3 is 0 Å². The van der Waals surface area contributed by atoms with Crippen LogP contribution in [0.4, 0.5) is 0 Å². The number of rotatable bonds is 3. The number of fused-ring (bicyclic) bond motifs is 1. The van der Waals surface area contributed by atoms with E-state index in [1.165, 1.54) is 22.4 Å². The molecule has 3 rings (SSSR count). The van der Waals surface area contributed by atoms with Crippen LogP contribution in [-0.4, -0.2) is 22.3 Å². The van der Waals surface area contributed by atoms with Gasteiger partial charge in [0.25, 0.3) is 0 Å². The first-order valence-corrected chi connectivity index (χ1v) is 9.36. The Labute approximate surface area is 152 Å². The van der Waals surface area contributed by atoms with Gasteiger partial charge in [-0.2, -0.15) is 0 Å². The van der Waals surface area contributed by atoms with Crippen LogP contribution in [0.3, 0.4) is 0 Å². The molecular weight excluding hydrogens is 364 g/mol. The second kappa shape index (κ2) is 6.75. The van der Waals surface area contributed by atoms with Crippen LogP contribution in [0.5, 0.6) is 0 Å². The number of amides is 1. The van der Waals surface area contributed by atoms with Crippen molar-refractivity contribution in [3.63, 3.8) is 0 Å². The van der Waals surface area contributed by atoms with Gasteiger partial charge in [0.2, 0.25) is 5.91 Å². The number of H-pyrrole nitrogens is 1. The van der Waals surface area contributed by atoms with Crippen LogP contribution in [0.2, 0.25) is 0 Å². The van der Waals surface area contributed by atoms with Gasteiger partial charge in [-0.05, 0) is 50.5 Å². The van der Waals surface area contributed by atoms with Crippen molar-refractivity contribution in [3.05, 3.63) is 57.3 Å². The summed E-state index contributed by atoms with van der Waals surface area (Å²) in [5.41, 5.74) is 5.22. The highest BCUT2D eigenvalue weighted by Crippen LogP contribution is 2.24. The summed E-state index contributed by atoms with van der Waals surface area (Å²) in [6.07, 6.45) is 2.30. The first-order valence-electron chi connectivity index (χ1n) is 8.56. The Balaban J connectivity index is 1.56. The summed E-state index contributed by atoms with van der Waals surface area (Å²) in [6.45, 7) is 8.18. The Kier molecular flexibility index (Phi) is 4.86. The van der Waals surface area contributed by atoms with Crippen molar-refractivity contribution < 1.29 is 4.79 Å². The molecule has 2 aromatic rings. The van der Waals surface area contributed by atoms with E-state index in [1.54, 1.807) is 0 Å². The number of aromatic nitrogens is 1. The van der Waals surface area contributed by atoms with E-state index in [0.29, 0.717) is 6.42 Å². The monoisotopic (exact) mass is 388 g/mol. The molecule has 0 bridgehead atoms. The third-order valence-electron chi connectivity index (χ3n) is 4.75. The van der Waals surface area contributed by atoms with Gasteiger partial charge in [-0.15, -0.1) is 0 Å². The molecule has 0 fully saturated rings. The maximum absolute atomic E-state index is 12.5. The highest BCUT2D eigenvalue weighted by Gasteiger charge is 2.22. The summed E-state index contributed by atoms with van der Waals surface area (Å²) in [4.78, 5) is 17.8. The number of carbonyl (C=O) groups excluding carboxylic acids is 1.